The number of hydrogen-bond donors (Lipinski definition) is 1. The highest BCUT2D eigenvalue weighted by molar-refractivity contribution is 7.92. The predicted octanol–water partition coefficient (Wildman–Crippen LogP) is 4.82. The van der Waals surface area contributed by atoms with E-state index in [0.717, 1.165) is 28.3 Å². The van der Waals surface area contributed by atoms with Crippen LogP contribution in [0.3, 0.4) is 0 Å². The molecule has 4 rings (SSSR count). The lowest BCUT2D eigenvalue weighted by Crippen LogP contribution is -2.53. The van der Waals surface area contributed by atoms with E-state index in [1.807, 2.05) is 37.3 Å². The Hall–Kier alpha value is -3.76. The molecule has 1 aliphatic rings. The second-order valence-electron chi connectivity index (χ2n) is 10.2. The normalized spacial score (nSPS) is 13.2. The van der Waals surface area contributed by atoms with Gasteiger partial charge in [-0.15, -0.1) is 0 Å². The summed E-state index contributed by atoms with van der Waals surface area (Å²) in [6.07, 6.45) is 1.95. The van der Waals surface area contributed by atoms with Crippen LogP contribution in [0.1, 0.15) is 37.8 Å². The summed E-state index contributed by atoms with van der Waals surface area (Å²) in [5.41, 5.74) is 1.90. The zero-order chi connectivity index (χ0) is 30.8. The minimum atomic E-state index is -3.90. The number of benzene rings is 3. The van der Waals surface area contributed by atoms with E-state index in [1.165, 1.54) is 11.8 Å². The lowest BCUT2D eigenvalue weighted by atomic mass is 10.0. The molecule has 1 heterocycles. The van der Waals surface area contributed by atoms with Gasteiger partial charge < -0.3 is 19.7 Å². The summed E-state index contributed by atoms with van der Waals surface area (Å²) in [7, 11) is -3.90. The average Bonchev–Trinajstić information content (AvgIpc) is 3.02. The van der Waals surface area contributed by atoms with Crippen LogP contribution >= 0.6 is 11.6 Å². The van der Waals surface area contributed by atoms with E-state index in [2.05, 4.69) is 5.32 Å². The fourth-order valence-corrected chi connectivity index (χ4v) is 5.93. The number of nitrogens with one attached hydrogen (secondary N) is 1. The monoisotopic (exact) mass is 627 g/mol. The van der Waals surface area contributed by atoms with Gasteiger partial charge in [-0.3, -0.25) is 13.9 Å². The van der Waals surface area contributed by atoms with Gasteiger partial charge in [-0.25, -0.2) is 8.42 Å². The van der Waals surface area contributed by atoms with Crippen molar-refractivity contribution in [1.82, 2.24) is 10.2 Å². The summed E-state index contributed by atoms with van der Waals surface area (Å²) in [4.78, 5) is 29.4. The van der Waals surface area contributed by atoms with E-state index >= 15 is 0 Å². The molecule has 3 aromatic carbocycles. The van der Waals surface area contributed by atoms with Gasteiger partial charge in [-0.05, 0) is 48.7 Å². The SMILES string of the molecule is CCCCNC(=O)[C@H](Cc1ccccc1)N(Cc1ccc(Cl)cc1)C(=O)CN(c1ccc2c(c1)OCCO2)S(=O)(=O)CC. The van der Waals surface area contributed by atoms with Crippen molar-refractivity contribution in [2.75, 3.05) is 36.4 Å². The molecule has 0 saturated heterocycles. The number of carbonyl (C=O) groups excluding carboxylic acids is 2. The summed E-state index contributed by atoms with van der Waals surface area (Å²) in [6, 6.07) is 20.4. The third-order valence-corrected chi connectivity index (χ3v) is 9.15. The van der Waals surface area contributed by atoms with Crippen LogP contribution in [0.2, 0.25) is 5.02 Å². The second kappa shape index (κ2) is 15.1. The minimum absolute atomic E-state index is 0.0792. The quantitative estimate of drug-likeness (QED) is 0.257. The molecule has 2 amide bonds. The molecule has 0 unspecified atom stereocenters. The minimum Gasteiger partial charge on any atom is -0.486 e. The number of nitrogens with zero attached hydrogens (tertiary/aromatic N) is 2. The fraction of sp³-hybridized carbons (Fsp3) is 0.375. The molecule has 0 aliphatic carbocycles. The molecule has 0 bridgehead atoms. The Morgan fingerprint density at radius 3 is 2.30 bits per heavy atom. The number of ether oxygens (including phenoxy) is 2. The molecule has 0 spiro atoms. The van der Waals surface area contributed by atoms with Gasteiger partial charge in [0.05, 0.1) is 11.4 Å². The molecule has 1 atom stereocenters. The van der Waals surface area contributed by atoms with E-state index < -0.39 is 28.5 Å². The van der Waals surface area contributed by atoms with Gasteiger partial charge in [-0.1, -0.05) is 67.4 Å². The highest BCUT2D eigenvalue weighted by Gasteiger charge is 2.34. The van der Waals surface area contributed by atoms with E-state index in [1.54, 1.807) is 42.5 Å². The molecule has 0 saturated carbocycles. The van der Waals surface area contributed by atoms with Crippen LogP contribution in [0.4, 0.5) is 5.69 Å². The topological polar surface area (TPSA) is 105 Å². The fourth-order valence-electron chi connectivity index (χ4n) is 4.75. The predicted molar refractivity (Wildman–Crippen MR) is 168 cm³/mol. The highest BCUT2D eigenvalue weighted by atomic mass is 35.5. The second-order valence-corrected chi connectivity index (χ2v) is 12.9. The first-order valence-electron chi connectivity index (χ1n) is 14.5. The van der Waals surface area contributed by atoms with Crippen molar-refractivity contribution in [1.29, 1.82) is 0 Å². The van der Waals surface area contributed by atoms with Crippen molar-refractivity contribution < 1.29 is 27.5 Å². The maximum Gasteiger partial charge on any atom is 0.244 e. The molecule has 3 aromatic rings. The number of unbranched alkanes of at least 4 members (excludes halogenated alkanes) is 1. The molecule has 9 nitrogen and oxygen atoms in total. The number of rotatable bonds is 14. The molecule has 1 N–H and O–H groups in total. The van der Waals surface area contributed by atoms with Crippen molar-refractivity contribution >= 4 is 39.1 Å². The van der Waals surface area contributed by atoms with Gasteiger partial charge in [0.1, 0.15) is 25.8 Å². The Labute approximate surface area is 258 Å². The number of sulfonamides is 1. The third-order valence-electron chi connectivity index (χ3n) is 7.16. The van der Waals surface area contributed by atoms with Gasteiger partial charge in [0.25, 0.3) is 0 Å². The van der Waals surface area contributed by atoms with Crippen molar-refractivity contribution in [2.45, 2.75) is 45.7 Å². The first-order valence-corrected chi connectivity index (χ1v) is 16.5. The van der Waals surface area contributed by atoms with Gasteiger partial charge in [0, 0.05) is 30.6 Å². The average molecular weight is 628 g/mol. The van der Waals surface area contributed by atoms with Crippen LogP contribution < -0.4 is 19.1 Å². The Morgan fingerprint density at radius 2 is 1.63 bits per heavy atom. The summed E-state index contributed by atoms with van der Waals surface area (Å²) >= 11 is 6.12. The van der Waals surface area contributed by atoms with Crippen LogP contribution in [0, 0.1) is 0 Å². The molecule has 230 valence electrons. The summed E-state index contributed by atoms with van der Waals surface area (Å²) in [5.74, 6) is -0.136. The summed E-state index contributed by atoms with van der Waals surface area (Å²) < 4.78 is 39.1. The molecule has 1 aliphatic heterocycles. The maximum absolute atomic E-state index is 14.3. The maximum atomic E-state index is 14.3. The standard InChI is InChI=1S/C32H38ClN3O6S/c1-3-5-17-34-32(38)28(20-24-9-7-6-8-10-24)35(22-25-11-13-26(33)14-12-25)31(37)23-36(43(39,40)4-2)27-15-16-29-30(21-27)42-19-18-41-29/h6-16,21,28H,3-5,17-20,22-23H2,1-2H3,(H,34,38)/t28-/m0/s1. The summed E-state index contributed by atoms with van der Waals surface area (Å²) in [5, 5.41) is 3.52. The van der Waals surface area contributed by atoms with Gasteiger partial charge in [0.15, 0.2) is 11.5 Å². The van der Waals surface area contributed by atoms with E-state index in [4.69, 9.17) is 21.1 Å². The zero-order valence-electron chi connectivity index (χ0n) is 24.5. The highest BCUT2D eigenvalue weighted by Crippen LogP contribution is 2.35. The Bertz CT molecular complexity index is 1480. The zero-order valence-corrected chi connectivity index (χ0v) is 26.1. The molecular formula is C32H38ClN3O6S. The Kier molecular flexibility index (Phi) is 11.3. The van der Waals surface area contributed by atoms with Crippen LogP contribution in [0.25, 0.3) is 0 Å². The molecule has 0 radical (unpaired) electrons. The largest absolute Gasteiger partial charge is 0.486 e. The molecule has 43 heavy (non-hydrogen) atoms. The van der Waals surface area contributed by atoms with Crippen LogP contribution in [-0.2, 0) is 32.6 Å². The first-order chi connectivity index (χ1) is 20.7. The van der Waals surface area contributed by atoms with Crippen LogP contribution in [0.15, 0.2) is 72.8 Å². The number of amides is 2. The number of carbonyl (C=O) groups is 2. The lowest BCUT2D eigenvalue weighted by Gasteiger charge is -2.34. The molecular weight excluding hydrogens is 590 g/mol. The van der Waals surface area contributed by atoms with Crippen LogP contribution in [-0.4, -0.2) is 63.2 Å². The van der Waals surface area contributed by atoms with Gasteiger partial charge >= 0.3 is 0 Å². The molecule has 0 fully saturated rings. The van der Waals surface area contributed by atoms with Gasteiger partial charge in [-0.2, -0.15) is 0 Å². The Balaban J connectivity index is 1.72. The number of halogens is 1. The van der Waals surface area contributed by atoms with E-state index in [9.17, 15) is 18.0 Å². The number of hydrogen-bond acceptors (Lipinski definition) is 6. The first kappa shape index (κ1) is 32.2. The van der Waals surface area contributed by atoms with E-state index in [0.29, 0.717) is 36.3 Å². The lowest BCUT2D eigenvalue weighted by molar-refractivity contribution is -0.140. The number of fused-ring (bicyclic) bond motifs is 1. The number of anilines is 1. The molecule has 11 heteroatoms. The molecule has 0 aromatic heterocycles. The van der Waals surface area contributed by atoms with Crippen molar-refractivity contribution in [3.05, 3.63) is 88.9 Å². The van der Waals surface area contributed by atoms with Crippen molar-refractivity contribution in [2.24, 2.45) is 0 Å². The van der Waals surface area contributed by atoms with Gasteiger partial charge in [0.2, 0.25) is 21.8 Å². The Morgan fingerprint density at radius 1 is 0.930 bits per heavy atom. The van der Waals surface area contributed by atoms with Crippen molar-refractivity contribution in [3.8, 4) is 11.5 Å². The van der Waals surface area contributed by atoms with Crippen LogP contribution in [0.5, 0.6) is 11.5 Å². The summed E-state index contributed by atoms with van der Waals surface area (Å²) in [6.45, 7) is 4.33. The van der Waals surface area contributed by atoms with E-state index in [-0.39, 0.29) is 30.3 Å². The smallest absolute Gasteiger partial charge is 0.244 e. The third kappa shape index (κ3) is 8.64. The van der Waals surface area contributed by atoms with Crippen molar-refractivity contribution in [3.63, 3.8) is 0 Å².